The highest BCUT2D eigenvalue weighted by Gasteiger charge is 2.29. The molecule has 0 unspecified atom stereocenters. The van der Waals surface area contributed by atoms with Gasteiger partial charge in [-0.2, -0.15) is 0 Å². The Balaban J connectivity index is 4.95. The predicted octanol–water partition coefficient (Wildman–Crippen LogP) is 0.494. The van der Waals surface area contributed by atoms with Gasteiger partial charge in [0.1, 0.15) is 0 Å². The lowest BCUT2D eigenvalue weighted by atomic mass is 11.8. The molecule has 0 aromatic heterocycles. The fourth-order valence-electron chi connectivity index (χ4n) is 0.0625. The standard InChI is InChI=1S/C4H12O3Si/c1-5-8(4,6-2)7-3/h1-4H3/i1D3,2D3,3D3. The van der Waals surface area contributed by atoms with Crippen molar-refractivity contribution in [3.05, 3.63) is 0 Å². The topological polar surface area (TPSA) is 27.7 Å². The number of rotatable bonds is 3. The van der Waals surface area contributed by atoms with Gasteiger partial charge in [0.05, 0.1) is 12.3 Å². The van der Waals surface area contributed by atoms with Crippen LogP contribution in [0.1, 0.15) is 12.3 Å². The Morgan fingerprint density at radius 2 is 1.50 bits per heavy atom. The minimum Gasteiger partial charge on any atom is -0.377 e. The Kier molecular flexibility index (Phi) is 0.627. The number of hydrogen-bond donors (Lipinski definition) is 0. The molecule has 0 radical (unpaired) electrons. The summed E-state index contributed by atoms with van der Waals surface area (Å²) in [6.07, 6.45) is 0. The average Bonchev–Trinajstić information content (AvgIpc) is 1.65. The largest absolute Gasteiger partial charge is 0.496 e. The Labute approximate surface area is 63.6 Å². The van der Waals surface area contributed by atoms with E-state index in [0.29, 0.717) is 0 Å². The molecule has 50 valence electrons. The molecule has 0 aliphatic rings. The van der Waals surface area contributed by atoms with Crippen LogP contribution in [0.2, 0.25) is 6.55 Å². The van der Waals surface area contributed by atoms with Gasteiger partial charge in [-0.05, 0) is 0 Å². The van der Waals surface area contributed by atoms with E-state index >= 15 is 0 Å². The summed E-state index contributed by atoms with van der Waals surface area (Å²) < 4.78 is 74.4. The second-order valence-corrected chi connectivity index (χ2v) is 3.51. The van der Waals surface area contributed by atoms with Crippen molar-refractivity contribution < 1.29 is 25.6 Å². The smallest absolute Gasteiger partial charge is 0.377 e. The molecular weight excluding hydrogens is 124 g/mol. The molecule has 4 heteroatoms. The van der Waals surface area contributed by atoms with E-state index < -0.39 is 29.9 Å². The van der Waals surface area contributed by atoms with E-state index in [4.69, 9.17) is 12.3 Å². The van der Waals surface area contributed by atoms with Crippen molar-refractivity contribution in [1.29, 1.82) is 0 Å². The lowest BCUT2D eigenvalue weighted by Crippen LogP contribution is -2.38. The maximum Gasteiger partial charge on any atom is 0.496 e. The molecule has 0 saturated carbocycles. The second-order valence-electron chi connectivity index (χ2n) is 1.17. The van der Waals surface area contributed by atoms with E-state index in [0.717, 1.165) is 6.55 Å². The molecule has 0 N–H and O–H groups in total. The van der Waals surface area contributed by atoms with Crippen molar-refractivity contribution in [3.8, 4) is 0 Å². The van der Waals surface area contributed by atoms with Gasteiger partial charge in [0.25, 0.3) is 0 Å². The third-order valence-electron chi connectivity index (χ3n) is 0.556. The summed E-state index contributed by atoms with van der Waals surface area (Å²) in [6.45, 7) is 0.887. The fraction of sp³-hybridized carbons (Fsp3) is 1.00. The van der Waals surface area contributed by atoms with Crippen LogP contribution in [0.3, 0.4) is 0 Å². The van der Waals surface area contributed by atoms with Crippen molar-refractivity contribution in [2.75, 3.05) is 21.1 Å². The highest BCUT2D eigenvalue weighted by Crippen LogP contribution is 2.02. The van der Waals surface area contributed by atoms with Crippen molar-refractivity contribution in [1.82, 2.24) is 0 Å². The third-order valence-corrected chi connectivity index (χ3v) is 1.67. The Morgan fingerprint density at radius 1 is 1.12 bits per heavy atom. The first-order chi connectivity index (χ1) is 7.12. The first kappa shape index (κ1) is 1.57. The summed E-state index contributed by atoms with van der Waals surface area (Å²) >= 11 is 0. The van der Waals surface area contributed by atoms with Gasteiger partial charge in [-0.15, -0.1) is 0 Å². The zero-order valence-corrected chi connectivity index (χ0v) is 5.22. The van der Waals surface area contributed by atoms with Gasteiger partial charge in [-0.1, -0.05) is 0 Å². The molecule has 0 aromatic rings. The Hall–Kier alpha value is 0.0969. The predicted molar refractivity (Wildman–Crippen MR) is 32.6 cm³/mol. The van der Waals surface area contributed by atoms with Crippen LogP contribution in [0.4, 0.5) is 0 Å². The van der Waals surface area contributed by atoms with E-state index in [1.165, 1.54) is 0 Å². The van der Waals surface area contributed by atoms with Gasteiger partial charge in [0.2, 0.25) is 0 Å². The molecule has 0 aliphatic heterocycles. The molecule has 0 aromatic carbocycles. The average molecular weight is 145 g/mol. The van der Waals surface area contributed by atoms with E-state index in [-0.39, 0.29) is 0 Å². The maximum absolute atomic E-state index is 6.82. The Morgan fingerprint density at radius 3 is 1.75 bits per heavy atom. The first-order valence-corrected chi connectivity index (χ1v) is 3.95. The van der Waals surface area contributed by atoms with Gasteiger partial charge in [-0.25, -0.2) is 0 Å². The minimum atomic E-state index is -4.34. The van der Waals surface area contributed by atoms with Gasteiger partial charge in [0.15, 0.2) is 0 Å². The summed E-state index contributed by atoms with van der Waals surface area (Å²) in [5, 5.41) is 0. The second kappa shape index (κ2) is 3.19. The van der Waals surface area contributed by atoms with Gasteiger partial charge in [-0.3, -0.25) is 0 Å². The first-order valence-electron chi connectivity index (χ1n) is 6.22. The van der Waals surface area contributed by atoms with Crippen molar-refractivity contribution in [2.45, 2.75) is 6.55 Å². The minimum absolute atomic E-state index is 0.887. The van der Waals surface area contributed by atoms with Crippen LogP contribution in [0.5, 0.6) is 0 Å². The molecule has 0 rings (SSSR count). The van der Waals surface area contributed by atoms with Gasteiger partial charge >= 0.3 is 8.80 Å². The van der Waals surface area contributed by atoms with Crippen LogP contribution in [0, 0.1) is 0 Å². The molecule has 0 spiro atoms. The summed E-state index contributed by atoms with van der Waals surface area (Å²) in [7, 11) is -13.4. The zero-order chi connectivity index (χ0) is 14.1. The van der Waals surface area contributed by atoms with Gasteiger partial charge < -0.3 is 13.3 Å². The molecule has 0 amide bonds. The van der Waals surface area contributed by atoms with Gasteiger partial charge in [0, 0.05) is 27.7 Å². The fourth-order valence-corrected chi connectivity index (χ4v) is 0.188. The van der Waals surface area contributed by atoms with Crippen molar-refractivity contribution >= 4 is 8.80 Å². The number of hydrogen-bond acceptors (Lipinski definition) is 3. The molecular formula is C4H12O3Si. The summed E-state index contributed by atoms with van der Waals surface area (Å²) in [6, 6.07) is 0. The van der Waals surface area contributed by atoms with E-state index in [2.05, 4.69) is 13.3 Å². The van der Waals surface area contributed by atoms with Crippen LogP contribution in [-0.4, -0.2) is 29.9 Å². The van der Waals surface area contributed by atoms with E-state index in [9.17, 15) is 0 Å². The van der Waals surface area contributed by atoms with Crippen LogP contribution in [0.15, 0.2) is 0 Å². The molecule has 0 heterocycles. The zero-order valence-electron chi connectivity index (χ0n) is 13.2. The summed E-state index contributed by atoms with van der Waals surface area (Å²) in [5.41, 5.74) is 0. The normalized spacial score (nSPS) is 33.4. The van der Waals surface area contributed by atoms with Crippen LogP contribution >= 0.6 is 0 Å². The van der Waals surface area contributed by atoms with Crippen LogP contribution < -0.4 is 0 Å². The molecule has 3 nitrogen and oxygen atoms in total. The lowest BCUT2D eigenvalue weighted by molar-refractivity contribution is 0.132. The molecule has 0 atom stereocenters. The van der Waals surface area contributed by atoms with Crippen molar-refractivity contribution in [3.63, 3.8) is 0 Å². The highest BCUT2D eigenvalue weighted by atomic mass is 28.4. The monoisotopic (exact) mass is 145 g/mol. The molecule has 0 fully saturated rings. The van der Waals surface area contributed by atoms with Crippen LogP contribution in [-0.2, 0) is 13.3 Å². The van der Waals surface area contributed by atoms with Crippen molar-refractivity contribution in [2.24, 2.45) is 0 Å². The third kappa shape index (κ3) is 1.91. The molecule has 8 heavy (non-hydrogen) atoms. The maximum atomic E-state index is 6.82. The quantitative estimate of drug-likeness (QED) is 0.541. The molecule has 0 saturated heterocycles. The summed E-state index contributed by atoms with van der Waals surface area (Å²) in [4.78, 5) is 0. The molecule has 0 aliphatic carbocycles. The highest BCUT2D eigenvalue weighted by molar-refractivity contribution is 6.58. The van der Waals surface area contributed by atoms with E-state index in [1.54, 1.807) is 0 Å². The lowest BCUT2D eigenvalue weighted by Gasteiger charge is -2.18. The van der Waals surface area contributed by atoms with Crippen LogP contribution in [0.25, 0.3) is 0 Å². The Bertz CT molecular complexity index is 214. The summed E-state index contributed by atoms with van der Waals surface area (Å²) in [5.74, 6) is 0. The SMILES string of the molecule is [2H]C([2H])([2H])O[Si](C)(OC([2H])([2H])[2H])OC([2H])([2H])[2H]. The van der Waals surface area contributed by atoms with E-state index in [1.807, 2.05) is 0 Å². The molecule has 0 bridgehead atoms.